The molecule has 126 valence electrons. The zero-order valence-corrected chi connectivity index (χ0v) is 15.1. The van der Waals surface area contributed by atoms with Crippen LogP contribution in [0.3, 0.4) is 0 Å². The second-order valence-corrected chi connectivity index (χ2v) is 6.73. The predicted octanol–water partition coefficient (Wildman–Crippen LogP) is 6.70. The number of nitrogens with zero attached hydrogens (tertiary/aromatic N) is 1. The minimum Gasteiger partial charge on any atom is -0.248 e. The van der Waals surface area contributed by atoms with Crippen molar-refractivity contribution in [3.8, 4) is 33.6 Å². The van der Waals surface area contributed by atoms with Gasteiger partial charge in [-0.3, -0.25) is 0 Å². The molecule has 0 amide bonds. The maximum absolute atomic E-state index is 4.98. The van der Waals surface area contributed by atoms with E-state index in [1.54, 1.807) is 0 Å². The van der Waals surface area contributed by atoms with Crippen LogP contribution in [0.1, 0.15) is 11.1 Å². The summed E-state index contributed by atoms with van der Waals surface area (Å²) in [6.45, 7) is 4.27. The van der Waals surface area contributed by atoms with Crippen LogP contribution >= 0.6 is 0 Å². The topological polar surface area (TPSA) is 12.9 Å². The number of hydrogen-bond donors (Lipinski definition) is 0. The highest BCUT2D eigenvalue weighted by molar-refractivity contribution is 5.76. The quantitative estimate of drug-likeness (QED) is 0.406. The summed E-state index contributed by atoms with van der Waals surface area (Å²) in [5.41, 5.74) is 9.22. The van der Waals surface area contributed by atoms with Crippen molar-refractivity contribution in [2.45, 2.75) is 13.8 Å². The first-order valence-corrected chi connectivity index (χ1v) is 8.91. The molecule has 0 spiro atoms. The van der Waals surface area contributed by atoms with Crippen LogP contribution < -0.4 is 0 Å². The molecular formula is C25H21N. The maximum Gasteiger partial charge on any atom is 0.0715 e. The second kappa shape index (κ2) is 6.97. The maximum atomic E-state index is 4.98. The second-order valence-electron chi connectivity index (χ2n) is 6.73. The Hall–Kier alpha value is -3.19. The monoisotopic (exact) mass is 335 g/mol. The fourth-order valence-corrected chi connectivity index (χ4v) is 3.36. The molecule has 1 heteroatoms. The summed E-state index contributed by atoms with van der Waals surface area (Å²) >= 11 is 0. The van der Waals surface area contributed by atoms with E-state index < -0.39 is 0 Å². The van der Waals surface area contributed by atoms with Gasteiger partial charge in [-0.05, 0) is 49.2 Å². The zero-order chi connectivity index (χ0) is 17.9. The van der Waals surface area contributed by atoms with Crippen LogP contribution in [0.25, 0.3) is 33.6 Å². The molecule has 1 nitrogen and oxygen atoms in total. The highest BCUT2D eigenvalue weighted by Crippen LogP contribution is 2.30. The molecule has 1 heterocycles. The lowest BCUT2D eigenvalue weighted by Gasteiger charge is -2.11. The van der Waals surface area contributed by atoms with Gasteiger partial charge in [-0.1, -0.05) is 77.9 Å². The van der Waals surface area contributed by atoms with Crippen molar-refractivity contribution in [2.24, 2.45) is 0 Å². The molecule has 0 saturated carbocycles. The summed E-state index contributed by atoms with van der Waals surface area (Å²) in [7, 11) is 0. The van der Waals surface area contributed by atoms with E-state index in [4.69, 9.17) is 4.98 Å². The van der Waals surface area contributed by atoms with Gasteiger partial charge in [0, 0.05) is 11.1 Å². The van der Waals surface area contributed by atoms with E-state index in [1.807, 2.05) is 12.1 Å². The Morgan fingerprint density at radius 2 is 0.962 bits per heavy atom. The number of hydrogen-bond acceptors (Lipinski definition) is 1. The normalized spacial score (nSPS) is 10.7. The van der Waals surface area contributed by atoms with E-state index in [2.05, 4.69) is 92.7 Å². The van der Waals surface area contributed by atoms with Gasteiger partial charge in [-0.2, -0.15) is 0 Å². The third-order valence-corrected chi connectivity index (χ3v) is 4.52. The molecule has 0 bridgehead atoms. The van der Waals surface area contributed by atoms with Crippen LogP contribution in [-0.2, 0) is 0 Å². The first-order valence-electron chi connectivity index (χ1n) is 8.91. The minimum absolute atomic E-state index is 1.00. The van der Waals surface area contributed by atoms with Gasteiger partial charge in [-0.15, -0.1) is 0 Å². The smallest absolute Gasteiger partial charge is 0.0715 e. The van der Waals surface area contributed by atoms with Gasteiger partial charge in [0.15, 0.2) is 0 Å². The lowest BCUT2D eigenvalue weighted by atomic mass is 9.98. The number of aromatic nitrogens is 1. The van der Waals surface area contributed by atoms with Gasteiger partial charge in [0.1, 0.15) is 0 Å². The molecule has 0 N–H and O–H groups in total. The first-order chi connectivity index (χ1) is 12.7. The zero-order valence-electron chi connectivity index (χ0n) is 15.1. The van der Waals surface area contributed by atoms with E-state index in [-0.39, 0.29) is 0 Å². The average Bonchev–Trinajstić information content (AvgIpc) is 2.68. The molecule has 0 aliphatic carbocycles. The predicted molar refractivity (Wildman–Crippen MR) is 110 cm³/mol. The Balaban J connectivity index is 1.93. The number of benzene rings is 3. The summed E-state index contributed by atoms with van der Waals surface area (Å²) in [6.07, 6.45) is 0. The highest BCUT2D eigenvalue weighted by Gasteiger charge is 2.09. The molecular weight excluding hydrogens is 314 g/mol. The molecule has 4 aromatic rings. The van der Waals surface area contributed by atoms with Crippen LogP contribution in [0.4, 0.5) is 0 Å². The molecule has 3 aromatic carbocycles. The van der Waals surface area contributed by atoms with E-state index >= 15 is 0 Å². The van der Waals surface area contributed by atoms with Gasteiger partial charge in [0.2, 0.25) is 0 Å². The van der Waals surface area contributed by atoms with E-state index in [1.165, 1.54) is 22.3 Å². The molecule has 0 atom stereocenters. The summed E-state index contributed by atoms with van der Waals surface area (Å²) in [4.78, 5) is 4.98. The van der Waals surface area contributed by atoms with Crippen molar-refractivity contribution in [3.63, 3.8) is 0 Å². The number of aryl methyl sites for hydroxylation is 2. The summed E-state index contributed by atoms with van der Waals surface area (Å²) in [5.74, 6) is 0. The SMILES string of the molecule is Cc1cc(C)cc(-c2cc(-c3ccccc3)cc(-c3ccccc3)n2)c1. The van der Waals surface area contributed by atoms with Gasteiger partial charge in [-0.25, -0.2) is 4.98 Å². The summed E-state index contributed by atoms with van der Waals surface area (Å²) < 4.78 is 0. The van der Waals surface area contributed by atoms with Crippen molar-refractivity contribution >= 4 is 0 Å². The van der Waals surface area contributed by atoms with Crippen molar-refractivity contribution in [1.29, 1.82) is 0 Å². The molecule has 0 unspecified atom stereocenters. The first kappa shape index (κ1) is 16.3. The Kier molecular flexibility index (Phi) is 4.37. The van der Waals surface area contributed by atoms with Crippen LogP contribution in [-0.4, -0.2) is 4.98 Å². The van der Waals surface area contributed by atoms with Crippen molar-refractivity contribution < 1.29 is 0 Å². The van der Waals surface area contributed by atoms with Crippen LogP contribution in [0.2, 0.25) is 0 Å². The van der Waals surface area contributed by atoms with Crippen LogP contribution in [0, 0.1) is 13.8 Å². The van der Waals surface area contributed by atoms with Gasteiger partial charge in [0.05, 0.1) is 11.4 Å². The van der Waals surface area contributed by atoms with Crippen LogP contribution in [0.5, 0.6) is 0 Å². The summed E-state index contributed by atoms with van der Waals surface area (Å²) in [5, 5.41) is 0. The Morgan fingerprint density at radius 3 is 1.54 bits per heavy atom. The molecule has 4 rings (SSSR count). The minimum atomic E-state index is 1.00. The Morgan fingerprint density at radius 1 is 0.462 bits per heavy atom. The fraction of sp³-hybridized carbons (Fsp3) is 0.0800. The van der Waals surface area contributed by atoms with E-state index in [9.17, 15) is 0 Å². The number of rotatable bonds is 3. The van der Waals surface area contributed by atoms with E-state index in [0.29, 0.717) is 0 Å². The lowest BCUT2D eigenvalue weighted by Crippen LogP contribution is -1.92. The fourth-order valence-electron chi connectivity index (χ4n) is 3.36. The number of pyridine rings is 1. The summed E-state index contributed by atoms with van der Waals surface area (Å²) in [6, 6.07) is 31.9. The van der Waals surface area contributed by atoms with Gasteiger partial charge < -0.3 is 0 Å². The van der Waals surface area contributed by atoms with Crippen molar-refractivity contribution in [2.75, 3.05) is 0 Å². The van der Waals surface area contributed by atoms with Crippen LogP contribution in [0.15, 0.2) is 91.0 Å². The molecule has 0 aliphatic heterocycles. The van der Waals surface area contributed by atoms with Crippen molar-refractivity contribution in [3.05, 3.63) is 102 Å². The average molecular weight is 335 g/mol. The largest absolute Gasteiger partial charge is 0.248 e. The molecule has 0 fully saturated rings. The van der Waals surface area contributed by atoms with E-state index in [0.717, 1.165) is 22.5 Å². The standard InChI is InChI=1S/C25H21N/c1-18-13-19(2)15-23(14-18)25-17-22(20-9-5-3-6-10-20)16-24(26-25)21-11-7-4-8-12-21/h3-17H,1-2H3. The highest BCUT2D eigenvalue weighted by atomic mass is 14.7. The molecule has 0 saturated heterocycles. The lowest BCUT2D eigenvalue weighted by molar-refractivity contribution is 1.30. The molecule has 0 aliphatic rings. The molecule has 0 radical (unpaired) electrons. The van der Waals surface area contributed by atoms with Gasteiger partial charge >= 0.3 is 0 Å². The molecule has 1 aromatic heterocycles. The van der Waals surface area contributed by atoms with Crippen molar-refractivity contribution in [1.82, 2.24) is 4.98 Å². The van der Waals surface area contributed by atoms with Gasteiger partial charge in [0.25, 0.3) is 0 Å². The Bertz CT molecular complexity index is 956. The third kappa shape index (κ3) is 3.43. The molecule has 26 heavy (non-hydrogen) atoms. The Labute approximate surface area is 155 Å². The third-order valence-electron chi connectivity index (χ3n) is 4.52.